The average Bonchev–Trinajstić information content (AvgIpc) is 2.38. The number of carboxylic acids is 1. The van der Waals surface area contributed by atoms with Gasteiger partial charge < -0.3 is 14.7 Å². The average molecular weight is 286 g/mol. The van der Waals surface area contributed by atoms with Crippen molar-refractivity contribution < 1.29 is 19.4 Å². The van der Waals surface area contributed by atoms with Crippen molar-refractivity contribution in [3.8, 4) is 5.75 Å². The van der Waals surface area contributed by atoms with Gasteiger partial charge in [-0.3, -0.25) is 4.79 Å². The lowest BCUT2D eigenvalue weighted by Crippen LogP contribution is -2.46. The number of benzene rings is 1. The van der Waals surface area contributed by atoms with Crippen LogP contribution >= 0.6 is 11.6 Å². The second-order valence-electron chi connectivity index (χ2n) is 4.18. The van der Waals surface area contributed by atoms with E-state index in [1.54, 1.807) is 31.2 Å². The zero-order valence-corrected chi connectivity index (χ0v) is 11.7. The first kappa shape index (κ1) is 15.3. The molecule has 1 rings (SSSR count). The highest BCUT2D eigenvalue weighted by atomic mass is 35.5. The van der Waals surface area contributed by atoms with E-state index < -0.39 is 24.0 Å². The Morgan fingerprint density at radius 3 is 2.26 bits per heavy atom. The van der Waals surface area contributed by atoms with Crippen LogP contribution in [0.4, 0.5) is 0 Å². The van der Waals surface area contributed by atoms with Crippen molar-refractivity contribution in [2.75, 3.05) is 7.05 Å². The first-order valence-electron chi connectivity index (χ1n) is 5.74. The molecule has 1 N–H and O–H groups in total. The van der Waals surface area contributed by atoms with Gasteiger partial charge in [0.05, 0.1) is 0 Å². The molecule has 1 aromatic carbocycles. The van der Waals surface area contributed by atoms with E-state index in [1.807, 2.05) is 0 Å². The first-order valence-corrected chi connectivity index (χ1v) is 6.12. The highest BCUT2D eigenvalue weighted by molar-refractivity contribution is 6.30. The molecule has 0 aliphatic rings. The number of carbonyl (C=O) groups is 2. The second-order valence-corrected chi connectivity index (χ2v) is 4.61. The molecule has 2 atom stereocenters. The number of hydrogen-bond acceptors (Lipinski definition) is 3. The third-order valence-corrected chi connectivity index (χ3v) is 3.01. The highest BCUT2D eigenvalue weighted by Crippen LogP contribution is 2.17. The minimum absolute atomic E-state index is 0.398. The Labute approximate surface area is 116 Å². The third kappa shape index (κ3) is 4.13. The van der Waals surface area contributed by atoms with E-state index in [0.717, 1.165) is 4.90 Å². The summed E-state index contributed by atoms with van der Waals surface area (Å²) in [4.78, 5) is 23.9. The normalized spacial score (nSPS) is 13.5. The fourth-order valence-electron chi connectivity index (χ4n) is 1.41. The van der Waals surface area contributed by atoms with Crippen LogP contribution in [0, 0.1) is 0 Å². The standard InChI is InChI=1S/C13H16ClNO4/c1-8(13(17)18)15(3)12(16)9(2)19-11-6-4-10(14)5-7-11/h4-9H,1-3H3,(H,17,18). The van der Waals surface area contributed by atoms with Crippen molar-refractivity contribution in [2.45, 2.75) is 26.0 Å². The molecule has 5 nitrogen and oxygen atoms in total. The molecule has 104 valence electrons. The minimum atomic E-state index is -1.06. The SMILES string of the molecule is CC(Oc1ccc(Cl)cc1)C(=O)N(C)C(C)C(=O)O. The van der Waals surface area contributed by atoms with Crippen LogP contribution in [-0.4, -0.2) is 41.1 Å². The minimum Gasteiger partial charge on any atom is -0.481 e. The molecule has 0 fully saturated rings. The van der Waals surface area contributed by atoms with Gasteiger partial charge in [-0.2, -0.15) is 0 Å². The topological polar surface area (TPSA) is 66.8 Å². The van der Waals surface area contributed by atoms with Crippen LogP contribution in [0.5, 0.6) is 5.75 Å². The Bertz CT molecular complexity index is 460. The van der Waals surface area contributed by atoms with Crippen molar-refractivity contribution in [3.05, 3.63) is 29.3 Å². The van der Waals surface area contributed by atoms with Crippen molar-refractivity contribution in [2.24, 2.45) is 0 Å². The number of halogens is 1. The number of ether oxygens (including phenoxy) is 1. The number of likely N-dealkylation sites (N-methyl/N-ethyl adjacent to an activating group) is 1. The lowest BCUT2D eigenvalue weighted by atomic mass is 10.2. The summed E-state index contributed by atoms with van der Waals surface area (Å²) in [5, 5.41) is 9.43. The smallest absolute Gasteiger partial charge is 0.326 e. The van der Waals surface area contributed by atoms with E-state index in [4.69, 9.17) is 21.4 Å². The van der Waals surface area contributed by atoms with Gasteiger partial charge in [0.25, 0.3) is 5.91 Å². The molecule has 0 spiro atoms. The molecule has 0 radical (unpaired) electrons. The number of aliphatic carboxylic acids is 1. The van der Waals surface area contributed by atoms with Gasteiger partial charge in [-0.1, -0.05) is 11.6 Å². The van der Waals surface area contributed by atoms with Crippen LogP contribution < -0.4 is 4.74 Å². The van der Waals surface area contributed by atoms with E-state index in [1.165, 1.54) is 14.0 Å². The van der Waals surface area contributed by atoms with Gasteiger partial charge in [0.15, 0.2) is 6.10 Å². The van der Waals surface area contributed by atoms with E-state index >= 15 is 0 Å². The number of amides is 1. The Balaban J connectivity index is 2.67. The Hall–Kier alpha value is -1.75. The predicted molar refractivity (Wildman–Crippen MR) is 71.4 cm³/mol. The third-order valence-electron chi connectivity index (χ3n) is 2.76. The largest absolute Gasteiger partial charge is 0.481 e. The van der Waals surface area contributed by atoms with Crippen molar-refractivity contribution in [1.82, 2.24) is 4.90 Å². The predicted octanol–water partition coefficient (Wildman–Crippen LogP) is 2.04. The Kier molecular flexibility index (Phi) is 5.18. The maximum atomic E-state index is 12.0. The van der Waals surface area contributed by atoms with Crippen LogP contribution in [0.2, 0.25) is 5.02 Å². The number of nitrogens with zero attached hydrogens (tertiary/aromatic N) is 1. The first-order chi connectivity index (χ1) is 8.82. The number of hydrogen-bond donors (Lipinski definition) is 1. The van der Waals surface area contributed by atoms with Crippen molar-refractivity contribution in [3.63, 3.8) is 0 Å². The fourth-order valence-corrected chi connectivity index (χ4v) is 1.54. The lowest BCUT2D eigenvalue weighted by molar-refractivity contribution is -0.150. The Morgan fingerprint density at radius 1 is 1.26 bits per heavy atom. The molecular formula is C13H16ClNO4. The molecule has 0 heterocycles. The quantitative estimate of drug-likeness (QED) is 0.899. The zero-order valence-electron chi connectivity index (χ0n) is 11.0. The molecule has 0 bridgehead atoms. The Morgan fingerprint density at radius 2 is 1.79 bits per heavy atom. The summed E-state index contributed by atoms with van der Waals surface area (Å²) in [6.07, 6.45) is -0.770. The monoisotopic (exact) mass is 285 g/mol. The van der Waals surface area contributed by atoms with Gasteiger partial charge in [0, 0.05) is 12.1 Å². The lowest BCUT2D eigenvalue weighted by Gasteiger charge is -2.25. The molecule has 6 heteroatoms. The van der Waals surface area contributed by atoms with Crippen LogP contribution in [0.15, 0.2) is 24.3 Å². The van der Waals surface area contributed by atoms with Gasteiger partial charge >= 0.3 is 5.97 Å². The second kappa shape index (κ2) is 6.43. The van der Waals surface area contributed by atoms with Gasteiger partial charge in [0.2, 0.25) is 0 Å². The van der Waals surface area contributed by atoms with Crippen molar-refractivity contribution in [1.29, 1.82) is 0 Å². The molecule has 1 amide bonds. The van der Waals surface area contributed by atoms with Crippen LogP contribution in [0.1, 0.15) is 13.8 Å². The molecule has 0 saturated heterocycles. The van der Waals surface area contributed by atoms with E-state index in [0.29, 0.717) is 10.8 Å². The highest BCUT2D eigenvalue weighted by Gasteiger charge is 2.26. The summed E-state index contributed by atoms with van der Waals surface area (Å²) in [7, 11) is 1.43. The summed E-state index contributed by atoms with van der Waals surface area (Å²) < 4.78 is 5.44. The molecule has 1 aromatic rings. The maximum absolute atomic E-state index is 12.0. The fraction of sp³-hybridized carbons (Fsp3) is 0.385. The number of rotatable bonds is 5. The molecule has 19 heavy (non-hydrogen) atoms. The summed E-state index contributed by atoms with van der Waals surface area (Å²) >= 11 is 5.74. The summed E-state index contributed by atoms with van der Waals surface area (Å²) in [5.41, 5.74) is 0. The zero-order chi connectivity index (χ0) is 14.6. The van der Waals surface area contributed by atoms with E-state index in [-0.39, 0.29) is 0 Å². The number of carboxylic acid groups (broad SMARTS) is 1. The summed E-state index contributed by atoms with van der Waals surface area (Å²) in [6, 6.07) is 5.69. The summed E-state index contributed by atoms with van der Waals surface area (Å²) in [5.74, 6) is -0.957. The van der Waals surface area contributed by atoms with Gasteiger partial charge in [-0.05, 0) is 38.1 Å². The van der Waals surface area contributed by atoms with E-state index in [2.05, 4.69) is 0 Å². The van der Waals surface area contributed by atoms with Gasteiger partial charge in [-0.15, -0.1) is 0 Å². The molecule has 0 aliphatic heterocycles. The molecule has 2 unspecified atom stereocenters. The van der Waals surface area contributed by atoms with Gasteiger partial charge in [0.1, 0.15) is 11.8 Å². The van der Waals surface area contributed by atoms with Crippen LogP contribution in [0.3, 0.4) is 0 Å². The van der Waals surface area contributed by atoms with Crippen LogP contribution in [0.25, 0.3) is 0 Å². The van der Waals surface area contributed by atoms with Gasteiger partial charge in [-0.25, -0.2) is 4.79 Å². The van der Waals surface area contributed by atoms with Crippen LogP contribution in [-0.2, 0) is 9.59 Å². The van der Waals surface area contributed by atoms with Crippen molar-refractivity contribution >= 4 is 23.5 Å². The van der Waals surface area contributed by atoms with E-state index in [9.17, 15) is 9.59 Å². The summed E-state index contributed by atoms with van der Waals surface area (Å²) in [6.45, 7) is 3.01. The molecule has 0 aromatic heterocycles. The molecule has 0 saturated carbocycles. The molecular weight excluding hydrogens is 270 g/mol. The number of carbonyl (C=O) groups excluding carboxylic acids is 1. The molecule has 0 aliphatic carbocycles. The maximum Gasteiger partial charge on any atom is 0.326 e.